The van der Waals surface area contributed by atoms with Crippen molar-refractivity contribution in [2.45, 2.75) is 5.16 Å². The van der Waals surface area contributed by atoms with Gasteiger partial charge in [0, 0.05) is 12.1 Å². The standard InChI is InChI=1S/C19H19N3O4S/c1-24-14-6-4-5-13(9-14)22-12-20-21-19(22)27-11-17(23)16-8-7-15(25-2)10-18(16)26-3/h4-10,12H,11H2,1-3H3. The molecule has 27 heavy (non-hydrogen) atoms. The molecular weight excluding hydrogens is 366 g/mol. The number of ketones is 1. The van der Waals surface area contributed by atoms with Crippen LogP contribution >= 0.6 is 11.8 Å². The molecule has 0 unspecified atom stereocenters. The van der Waals surface area contributed by atoms with E-state index < -0.39 is 0 Å². The molecule has 0 aliphatic carbocycles. The van der Waals surface area contributed by atoms with Crippen LogP contribution in [0, 0.1) is 0 Å². The predicted molar refractivity (Wildman–Crippen MR) is 103 cm³/mol. The molecule has 0 radical (unpaired) electrons. The van der Waals surface area contributed by atoms with E-state index >= 15 is 0 Å². The molecule has 7 nitrogen and oxygen atoms in total. The van der Waals surface area contributed by atoms with E-state index in [1.165, 1.54) is 18.9 Å². The topological polar surface area (TPSA) is 75.5 Å². The van der Waals surface area contributed by atoms with Gasteiger partial charge in [-0.15, -0.1) is 10.2 Å². The van der Waals surface area contributed by atoms with E-state index in [9.17, 15) is 4.79 Å². The molecule has 0 N–H and O–H groups in total. The molecule has 0 saturated heterocycles. The Morgan fingerprint density at radius 2 is 1.81 bits per heavy atom. The number of carbonyl (C=O) groups is 1. The summed E-state index contributed by atoms with van der Waals surface area (Å²) in [5.41, 5.74) is 1.36. The SMILES string of the molecule is COc1cccc(-n2cnnc2SCC(=O)c2ccc(OC)cc2OC)c1. The van der Waals surface area contributed by atoms with Crippen LogP contribution in [-0.2, 0) is 0 Å². The van der Waals surface area contributed by atoms with E-state index in [1.807, 2.05) is 28.8 Å². The quantitative estimate of drug-likeness (QED) is 0.435. The smallest absolute Gasteiger partial charge is 0.196 e. The third-order valence-electron chi connectivity index (χ3n) is 3.89. The minimum atomic E-state index is -0.0697. The Morgan fingerprint density at radius 3 is 2.56 bits per heavy atom. The molecule has 8 heteroatoms. The number of nitrogens with zero attached hydrogens (tertiary/aromatic N) is 3. The molecule has 0 spiro atoms. The normalized spacial score (nSPS) is 10.5. The van der Waals surface area contributed by atoms with Crippen LogP contribution in [0.4, 0.5) is 0 Å². The fourth-order valence-corrected chi connectivity index (χ4v) is 3.31. The molecule has 0 fully saturated rings. The molecule has 3 rings (SSSR count). The van der Waals surface area contributed by atoms with E-state index in [2.05, 4.69) is 10.2 Å². The highest BCUT2D eigenvalue weighted by Crippen LogP contribution is 2.28. The summed E-state index contributed by atoms with van der Waals surface area (Å²) in [5, 5.41) is 8.69. The maximum absolute atomic E-state index is 12.6. The summed E-state index contributed by atoms with van der Waals surface area (Å²) < 4.78 is 17.5. The van der Waals surface area contributed by atoms with Crippen LogP contribution in [0.3, 0.4) is 0 Å². The first kappa shape index (κ1) is 18.8. The van der Waals surface area contributed by atoms with Gasteiger partial charge in [-0.25, -0.2) is 0 Å². The second-order valence-corrected chi connectivity index (χ2v) is 6.41. The molecule has 1 heterocycles. The summed E-state index contributed by atoms with van der Waals surface area (Å²) in [4.78, 5) is 12.6. The van der Waals surface area contributed by atoms with Crippen LogP contribution in [-0.4, -0.2) is 47.6 Å². The van der Waals surface area contributed by atoms with Gasteiger partial charge in [-0.1, -0.05) is 17.8 Å². The van der Waals surface area contributed by atoms with Crippen molar-refractivity contribution in [1.82, 2.24) is 14.8 Å². The summed E-state index contributed by atoms with van der Waals surface area (Å²) in [6, 6.07) is 12.7. The Labute approximate surface area is 161 Å². The number of ether oxygens (including phenoxy) is 3. The van der Waals surface area contributed by atoms with Crippen molar-refractivity contribution in [2.75, 3.05) is 27.1 Å². The van der Waals surface area contributed by atoms with Crippen molar-refractivity contribution in [1.29, 1.82) is 0 Å². The lowest BCUT2D eigenvalue weighted by Gasteiger charge is -2.10. The van der Waals surface area contributed by atoms with Crippen molar-refractivity contribution < 1.29 is 19.0 Å². The number of rotatable bonds is 8. The summed E-state index contributed by atoms with van der Waals surface area (Å²) in [7, 11) is 4.71. The van der Waals surface area contributed by atoms with Gasteiger partial charge >= 0.3 is 0 Å². The van der Waals surface area contributed by atoms with Crippen LogP contribution < -0.4 is 14.2 Å². The van der Waals surface area contributed by atoms with Crippen molar-refractivity contribution in [2.24, 2.45) is 0 Å². The Kier molecular flexibility index (Phi) is 5.97. The Morgan fingerprint density at radius 1 is 1.04 bits per heavy atom. The van der Waals surface area contributed by atoms with Crippen LogP contribution in [0.25, 0.3) is 5.69 Å². The monoisotopic (exact) mass is 385 g/mol. The molecular formula is C19H19N3O4S. The lowest BCUT2D eigenvalue weighted by atomic mass is 10.1. The fraction of sp³-hybridized carbons (Fsp3) is 0.211. The van der Waals surface area contributed by atoms with E-state index in [0.29, 0.717) is 22.2 Å². The first-order valence-corrected chi connectivity index (χ1v) is 9.07. The summed E-state index contributed by atoms with van der Waals surface area (Å²) in [5.74, 6) is 1.98. The van der Waals surface area contributed by atoms with Crippen molar-refractivity contribution >= 4 is 17.5 Å². The lowest BCUT2D eigenvalue weighted by molar-refractivity contribution is 0.101. The summed E-state index contributed by atoms with van der Waals surface area (Å²) >= 11 is 1.31. The van der Waals surface area contributed by atoms with E-state index in [0.717, 1.165) is 11.4 Å². The number of aromatic nitrogens is 3. The fourth-order valence-electron chi connectivity index (χ4n) is 2.50. The highest BCUT2D eigenvalue weighted by molar-refractivity contribution is 7.99. The van der Waals surface area contributed by atoms with Crippen LogP contribution in [0.2, 0.25) is 0 Å². The minimum Gasteiger partial charge on any atom is -0.497 e. The average Bonchev–Trinajstić information content (AvgIpc) is 3.20. The zero-order valence-corrected chi connectivity index (χ0v) is 16.0. The summed E-state index contributed by atoms with van der Waals surface area (Å²) in [6.07, 6.45) is 1.61. The number of hydrogen-bond donors (Lipinski definition) is 0. The molecule has 3 aromatic rings. The van der Waals surface area contributed by atoms with Crippen LogP contribution in [0.1, 0.15) is 10.4 Å². The maximum Gasteiger partial charge on any atom is 0.196 e. The molecule has 0 atom stereocenters. The minimum absolute atomic E-state index is 0.0697. The number of benzene rings is 2. The van der Waals surface area contributed by atoms with Crippen molar-refractivity contribution in [3.8, 4) is 22.9 Å². The number of methoxy groups -OCH3 is 3. The lowest BCUT2D eigenvalue weighted by Crippen LogP contribution is -2.06. The molecule has 2 aromatic carbocycles. The van der Waals surface area contributed by atoms with Gasteiger partial charge in [0.05, 0.1) is 38.3 Å². The first-order valence-electron chi connectivity index (χ1n) is 8.08. The van der Waals surface area contributed by atoms with Crippen LogP contribution in [0.15, 0.2) is 53.9 Å². The van der Waals surface area contributed by atoms with Gasteiger partial charge < -0.3 is 14.2 Å². The average molecular weight is 385 g/mol. The molecule has 0 bridgehead atoms. The highest BCUT2D eigenvalue weighted by atomic mass is 32.2. The van der Waals surface area contributed by atoms with Crippen molar-refractivity contribution in [3.63, 3.8) is 0 Å². The highest BCUT2D eigenvalue weighted by Gasteiger charge is 2.16. The van der Waals surface area contributed by atoms with Gasteiger partial charge in [-0.05, 0) is 24.3 Å². The first-order chi connectivity index (χ1) is 13.2. The largest absolute Gasteiger partial charge is 0.497 e. The van der Waals surface area contributed by atoms with E-state index in [1.54, 1.807) is 38.7 Å². The number of thioether (sulfide) groups is 1. The van der Waals surface area contributed by atoms with Gasteiger partial charge in [0.1, 0.15) is 23.6 Å². The molecule has 1 aromatic heterocycles. The third-order valence-corrected chi connectivity index (χ3v) is 4.83. The number of Topliss-reactive ketones (excluding diaryl/α,β-unsaturated/α-hetero) is 1. The third kappa shape index (κ3) is 4.22. The Hall–Kier alpha value is -3.00. The van der Waals surface area contributed by atoms with E-state index in [4.69, 9.17) is 14.2 Å². The van der Waals surface area contributed by atoms with Gasteiger partial charge in [-0.2, -0.15) is 0 Å². The molecule has 140 valence electrons. The number of carbonyl (C=O) groups excluding carboxylic acids is 1. The second kappa shape index (κ2) is 8.59. The van der Waals surface area contributed by atoms with Crippen molar-refractivity contribution in [3.05, 3.63) is 54.4 Å². The zero-order chi connectivity index (χ0) is 19.2. The Balaban J connectivity index is 1.76. The van der Waals surface area contributed by atoms with E-state index in [-0.39, 0.29) is 11.5 Å². The zero-order valence-electron chi connectivity index (χ0n) is 15.2. The molecule has 0 aliphatic rings. The second-order valence-electron chi connectivity index (χ2n) is 5.46. The number of hydrogen-bond acceptors (Lipinski definition) is 7. The Bertz CT molecular complexity index is 942. The van der Waals surface area contributed by atoms with Gasteiger partial charge in [0.15, 0.2) is 10.9 Å². The molecule has 0 amide bonds. The van der Waals surface area contributed by atoms with Crippen LogP contribution in [0.5, 0.6) is 17.2 Å². The van der Waals surface area contributed by atoms with Gasteiger partial charge in [0.25, 0.3) is 0 Å². The maximum atomic E-state index is 12.6. The molecule has 0 saturated carbocycles. The summed E-state index contributed by atoms with van der Waals surface area (Å²) in [6.45, 7) is 0. The van der Waals surface area contributed by atoms with Gasteiger partial charge in [-0.3, -0.25) is 9.36 Å². The van der Waals surface area contributed by atoms with Gasteiger partial charge in [0.2, 0.25) is 0 Å². The molecule has 0 aliphatic heterocycles. The predicted octanol–water partition coefficient (Wildman–Crippen LogP) is 3.27.